The number of halogens is 3. The zero-order valence-electron chi connectivity index (χ0n) is 11.8. The second-order valence-corrected chi connectivity index (χ2v) is 5.37. The summed E-state index contributed by atoms with van der Waals surface area (Å²) in [6, 6.07) is 3.92. The van der Waals surface area contributed by atoms with Crippen LogP contribution >= 0.6 is 40.7 Å². The van der Waals surface area contributed by atoms with Crippen molar-refractivity contribution in [2.45, 2.75) is 6.04 Å². The number of aromatic hydroxyl groups is 1. The first-order valence-electron chi connectivity index (χ1n) is 6.31. The highest BCUT2D eigenvalue weighted by atomic mass is 79.9. The van der Waals surface area contributed by atoms with Crippen LogP contribution in [-0.4, -0.2) is 43.3 Å². The van der Waals surface area contributed by atoms with E-state index in [1.807, 2.05) is 18.2 Å². The Kier molecular flexibility index (Phi) is 9.33. The number of nitrogens with one attached hydrogen (secondary N) is 1. The highest BCUT2D eigenvalue weighted by Crippen LogP contribution is 2.38. The normalized spacial score (nSPS) is 16.3. The van der Waals surface area contributed by atoms with Gasteiger partial charge in [-0.1, -0.05) is 6.08 Å². The van der Waals surface area contributed by atoms with Crippen LogP contribution in [-0.2, 0) is 0 Å². The summed E-state index contributed by atoms with van der Waals surface area (Å²) < 4.78 is 5.85. The quantitative estimate of drug-likeness (QED) is 0.763. The molecule has 2 rings (SSSR count). The third kappa shape index (κ3) is 4.76. The first-order valence-corrected chi connectivity index (χ1v) is 7.10. The molecule has 0 amide bonds. The number of piperazine rings is 1. The largest absolute Gasteiger partial charge is 0.503 e. The molecule has 7 heteroatoms. The lowest BCUT2D eigenvalue weighted by molar-refractivity contribution is 0.203. The summed E-state index contributed by atoms with van der Waals surface area (Å²) in [5.41, 5.74) is 1.07. The van der Waals surface area contributed by atoms with Crippen molar-refractivity contribution in [3.8, 4) is 11.5 Å². The fraction of sp³-hybridized carbons (Fsp3) is 0.429. The summed E-state index contributed by atoms with van der Waals surface area (Å²) in [5.74, 6) is 0.612. The lowest BCUT2D eigenvalue weighted by atomic mass is 10.0. The van der Waals surface area contributed by atoms with Crippen molar-refractivity contribution in [3.05, 3.63) is 34.8 Å². The number of ether oxygens (including phenoxy) is 1. The Morgan fingerprint density at radius 2 is 2.00 bits per heavy atom. The Balaban J connectivity index is 0.00000200. The van der Waals surface area contributed by atoms with Gasteiger partial charge in [0.1, 0.15) is 0 Å². The lowest BCUT2D eigenvalue weighted by Gasteiger charge is -2.33. The van der Waals surface area contributed by atoms with E-state index in [-0.39, 0.29) is 36.6 Å². The van der Waals surface area contributed by atoms with E-state index in [0.29, 0.717) is 10.2 Å². The van der Waals surface area contributed by atoms with Crippen molar-refractivity contribution < 1.29 is 9.84 Å². The number of phenolic OH excluding ortho intramolecular Hbond substituents is 1. The van der Waals surface area contributed by atoms with Crippen LogP contribution in [0.3, 0.4) is 0 Å². The number of hydrogen-bond acceptors (Lipinski definition) is 4. The van der Waals surface area contributed by atoms with Crippen molar-refractivity contribution in [1.82, 2.24) is 10.2 Å². The van der Waals surface area contributed by atoms with E-state index in [4.69, 9.17) is 4.74 Å². The average Bonchev–Trinajstić information content (AvgIpc) is 2.44. The van der Waals surface area contributed by atoms with Crippen molar-refractivity contribution in [2.75, 3.05) is 33.3 Å². The third-order valence-corrected chi connectivity index (χ3v) is 3.98. The molecule has 1 aromatic rings. The molecule has 0 spiro atoms. The first kappa shape index (κ1) is 20.5. The number of benzene rings is 1. The van der Waals surface area contributed by atoms with Gasteiger partial charge in [0.05, 0.1) is 17.6 Å². The van der Waals surface area contributed by atoms with Gasteiger partial charge in [-0.15, -0.1) is 31.4 Å². The highest BCUT2D eigenvalue weighted by molar-refractivity contribution is 9.10. The molecule has 1 aliphatic heterocycles. The van der Waals surface area contributed by atoms with Gasteiger partial charge in [0, 0.05) is 26.2 Å². The van der Waals surface area contributed by atoms with E-state index in [2.05, 4.69) is 32.7 Å². The molecule has 1 saturated heterocycles. The lowest BCUT2D eigenvalue weighted by Crippen LogP contribution is -2.44. The van der Waals surface area contributed by atoms with Gasteiger partial charge in [0.2, 0.25) is 0 Å². The van der Waals surface area contributed by atoms with E-state index in [1.54, 1.807) is 7.11 Å². The summed E-state index contributed by atoms with van der Waals surface area (Å²) >= 11 is 3.36. The van der Waals surface area contributed by atoms with Crippen LogP contribution < -0.4 is 10.1 Å². The second-order valence-electron chi connectivity index (χ2n) is 4.52. The standard InChI is InChI=1S/C14H19BrN2O2.2ClH/c1-3-12(17-6-4-16-5-7-17)10-8-11(15)14(18)13(9-10)19-2;;/h3,8-9,12,16,18H,1,4-7H2,2H3;2*1H/t12-;;/m1../s1. The summed E-state index contributed by atoms with van der Waals surface area (Å²) in [5, 5.41) is 13.2. The zero-order chi connectivity index (χ0) is 13.8. The molecular formula is C14H21BrCl2N2O2. The predicted molar refractivity (Wildman–Crippen MR) is 94.2 cm³/mol. The Morgan fingerprint density at radius 3 is 2.52 bits per heavy atom. The summed E-state index contributed by atoms with van der Waals surface area (Å²) in [6.07, 6.45) is 1.93. The predicted octanol–water partition coefficient (Wildman–Crippen LogP) is 3.14. The van der Waals surface area contributed by atoms with Crippen LogP contribution in [0.2, 0.25) is 0 Å². The minimum Gasteiger partial charge on any atom is -0.503 e. The first-order chi connectivity index (χ1) is 9.17. The van der Waals surface area contributed by atoms with Gasteiger partial charge in [-0.05, 0) is 33.6 Å². The van der Waals surface area contributed by atoms with Crippen LogP contribution in [0.25, 0.3) is 0 Å². The van der Waals surface area contributed by atoms with Crippen molar-refractivity contribution in [3.63, 3.8) is 0 Å². The molecule has 0 radical (unpaired) electrons. The molecule has 1 aromatic carbocycles. The molecule has 0 saturated carbocycles. The Labute approximate surface area is 146 Å². The molecular weight excluding hydrogens is 379 g/mol. The fourth-order valence-corrected chi connectivity index (χ4v) is 2.84. The van der Waals surface area contributed by atoms with Gasteiger partial charge in [-0.3, -0.25) is 4.90 Å². The molecule has 1 heterocycles. The van der Waals surface area contributed by atoms with Crippen LogP contribution in [0.4, 0.5) is 0 Å². The van der Waals surface area contributed by atoms with Gasteiger partial charge in [0.15, 0.2) is 11.5 Å². The number of methoxy groups -OCH3 is 1. The molecule has 0 unspecified atom stereocenters. The smallest absolute Gasteiger partial charge is 0.172 e. The van der Waals surface area contributed by atoms with Gasteiger partial charge >= 0.3 is 0 Å². The van der Waals surface area contributed by atoms with Crippen LogP contribution in [0, 0.1) is 0 Å². The van der Waals surface area contributed by atoms with E-state index in [9.17, 15) is 5.11 Å². The van der Waals surface area contributed by atoms with Crippen molar-refractivity contribution in [2.24, 2.45) is 0 Å². The summed E-state index contributed by atoms with van der Waals surface area (Å²) in [7, 11) is 1.55. The number of hydrogen-bond donors (Lipinski definition) is 2. The number of phenols is 1. The summed E-state index contributed by atoms with van der Waals surface area (Å²) in [6.45, 7) is 7.88. The van der Waals surface area contributed by atoms with Crippen molar-refractivity contribution in [1.29, 1.82) is 0 Å². The number of rotatable bonds is 4. The zero-order valence-corrected chi connectivity index (χ0v) is 15.1. The van der Waals surface area contributed by atoms with E-state index in [0.717, 1.165) is 31.7 Å². The van der Waals surface area contributed by atoms with E-state index >= 15 is 0 Å². The summed E-state index contributed by atoms with van der Waals surface area (Å²) in [4.78, 5) is 2.36. The molecule has 1 aliphatic rings. The Hall–Kier alpha value is -0.460. The SMILES string of the molecule is C=C[C@H](c1cc(Br)c(O)c(OC)c1)N1CCNCC1.Cl.Cl. The van der Waals surface area contributed by atoms with Gasteiger partial charge < -0.3 is 15.2 Å². The maximum atomic E-state index is 9.87. The third-order valence-electron chi connectivity index (χ3n) is 3.38. The van der Waals surface area contributed by atoms with E-state index < -0.39 is 0 Å². The molecule has 0 aliphatic carbocycles. The van der Waals surface area contributed by atoms with Gasteiger partial charge in [0.25, 0.3) is 0 Å². The average molecular weight is 400 g/mol. The maximum absolute atomic E-state index is 9.87. The molecule has 21 heavy (non-hydrogen) atoms. The molecule has 4 nitrogen and oxygen atoms in total. The van der Waals surface area contributed by atoms with Crippen molar-refractivity contribution >= 4 is 40.7 Å². The monoisotopic (exact) mass is 398 g/mol. The Morgan fingerprint density at radius 1 is 1.38 bits per heavy atom. The van der Waals surface area contributed by atoms with Gasteiger partial charge in [-0.25, -0.2) is 0 Å². The van der Waals surface area contributed by atoms with E-state index in [1.165, 1.54) is 0 Å². The topological polar surface area (TPSA) is 44.7 Å². The molecule has 2 N–H and O–H groups in total. The molecule has 1 fully saturated rings. The Bertz CT molecular complexity index is 469. The minimum atomic E-state index is 0. The van der Waals surface area contributed by atoms with Crippen LogP contribution in [0.15, 0.2) is 29.3 Å². The molecule has 0 aromatic heterocycles. The number of nitrogens with zero attached hydrogens (tertiary/aromatic N) is 1. The second kappa shape index (κ2) is 9.54. The molecule has 120 valence electrons. The van der Waals surface area contributed by atoms with Gasteiger partial charge in [-0.2, -0.15) is 0 Å². The highest BCUT2D eigenvalue weighted by Gasteiger charge is 2.21. The fourth-order valence-electron chi connectivity index (χ4n) is 2.38. The maximum Gasteiger partial charge on any atom is 0.172 e. The van der Waals surface area contributed by atoms with Crippen LogP contribution in [0.5, 0.6) is 11.5 Å². The minimum absolute atomic E-state index is 0. The molecule has 1 atom stereocenters. The van der Waals surface area contributed by atoms with Crippen LogP contribution in [0.1, 0.15) is 11.6 Å². The molecule has 0 bridgehead atoms.